The van der Waals surface area contributed by atoms with Gasteiger partial charge < -0.3 is 5.32 Å². The first-order valence-corrected chi connectivity index (χ1v) is 4.77. The summed E-state index contributed by atoms with van der Waals surface area (Å²) in [5, 5.41) is 16.7. The predicted octanol–water partition coefficient (Wildman–Crippen LogP) is 0.926. The van der Waals surface area contributed by atoms with Gasteiger partial charge in [0.15, 0.2) is 0 Å². The van der Waals surface area contributed by atoms with Gasteiger partial charge in [0.1, 0.15) is 0 Å². The van der Waals surface area contributed by atoms with Crippen LogP contribution >= 0.6 is 0 Å². The van der Waals surface area contributed by atoms with Crippen LogP contribution in [-0.2, 0) is 9.59 Å². The zero-order valence-corrected chi connectivity index (χ0v) is 9.10. The van der Waals surface area contributed by atoms with Gasteiger partial charge in [-0.05, 0) is 19.4 Å². The lowest BCUT2D eigenvalue weighted by molar-refractivity contribution is -0.385. The third-order valence-electron chi connectivity index (χ3n) is 2.69. The van der Waals surface area contributed by atoms with Crippen molar-refractivity contribution < 1.29 is 14.5 Å². The fourth-order valence-electron chi connectivity index (χ4n) is 1.64. The highest BCUT2D eigenvalue weighted by Gasteiger charge is 2.29. The van der Waals surface area contributed by atoms with Crippen LogP contribution < -0.4 is 10.6 Å². The van der Waals surface area contributed by atoms with E-state index in [9.17, 15) is 19.7 Å². The maximum atomic E-state index is 11.1. The summed E-state index contributed by atoms with van der Waals surface area (Å²) in [4.78, 5) is 32.5. The topological polar surface area (TPSA) is 103 Å². The molecule has 0 saturated carbocycles. The summed E-state index contributed by atoms with van der Waals surface area (Å²) in [6, 6.07) is 1.21. The Morgan fingerprint density at radius 3 is 2.53 bits per heavy atom. The SMILES string of the molecule is Cc1c([N+](=O)[O-])cc2c(c1C)[N]C(=O)C(=O)N2. The van der Waals surface area contributed by atoms with Gasteiger partial charge in [-0.25, -0.2) is 5.32 Å². The van der Waals surface area contributed by atoms with Crippen molar-refractivity contribution in [3.63, 3.8) is 0 Å². The second kappa shape index (κ2) is 3.55. The van der Waals surface area contributed by atoms with Crippen molar-refractivity contribution in [1.29, 1.82) is 0 Å². The van der Waals surface area contributed by atoms with Crippen LogP contribution in [0.5, 0.6) is 0 Å². The second-order valence-electron chi connectivity index (χ2n) is 3.67. The highest BCUT2D eigenvalue weighted by molar-refractivity contribution is 6.42. The van der Waals surface area contributed by atoms with Gasteiger partial charge >= 0.3 is 11.8 Å². The Balaban J connectivity index is 2.66. The monoisotopic (exact) mass is 234 g/mol. The van der Waals surface area contributed by atoms with Crippen LogP contribution in [0.25, 0.3) is 0 Å². The largest absolute Gasteiger partial charge is 0.335 e. The van der Waals surface area contributed by atoms with Crippen LogP contribution in [0.2, 0.25) is 0 Å². The highest BCUT2D eigenvalue weighted by Crippen LogP contribution is 2.36. The summed E-state index contributed by atoms with van der Waals surface area (Å²) in [7, 11) is 0. The molecule has 2 amide bonds. The quantitative estimate of drug-likeness (QED) is 0.443. The average Bonchev–Trinajstić information content (AvgIpc) is 2.26. The molecule has 0 bridgehead atoms. The van der Waals surface area contributed by atoms with Crippen molar-refractivity contribution in [2.75, 3.05) is 5.32 Å². The van der Waals surface area contributed by atoms with Gasteiger partial charge in [-0.3, -0.25) is 19.7 Å². The molecular weight excluding hydrogens is 226 g/mol. The average molecular weight is 234 g/mol. The summed E-state index contributed by atoms with van der Waals surface area (Å²) in [5.41, 5.74) is 1.33. The molecule has 1 aromatic rings. The number of nitrogens with one attached hydrogen (secondary N) is 1. The number of hydrogen-bond donors (Lipinski definition) is 1. The normalized spacial score (nSPS) is 13.8. The molecule has 0 atom stereocenters. The number of carbonyl (C=O) groups is 2. The molecule has 87 valence electrons. The Kier molecular flexibility index (Phi) is 2.31. The van der Waals surface area contributed by atoms with Gasteiger partial charge in [0, 0.05) is 11.6 Å². The standard InChI is InChI=1S/C10H8N3O4/c1-4-5(2)8-6(3-7(4)13(16)17)11-9(14)10(15)12-8/h3H,1-2H3,(H,11,14). The third-order valence-corrected chi connectivity index (χ3v) is 2.69. The molecule has 7 nitrogen and oxygen atoms in total. The second-order valence-corrected chi connectivity index (χ2v) is 3.67. The Morgan fingerprint density at radius 1 is 1.29 bits per heavy atom. The van der Waals surface area contributed by atoms with Crippen LogP contribution in [0.4, 0.5) is 17.1 Å². The molecule has 7 heteroatoms. The number of nitro groups is 1. The molecule has 0 spiro atoms. The van der Waals surface area contributed by atoms with E-state index in [1.54, 1.807) is 13.8 Å². The molecule has 2 rings (SSSR count). The number of carbonyl (C=O) groups excluding carboxylic acids is 2. The maximum Gasteiger partial charge on any atom is 0.335 e. The molecule has 0 unspecified atom stereocenters. The molecule has 0 saturated heterocycles. The maximum absolute atomic E-state index is 11.1. The number of nitro benzene ring substituents is 1. The fraction of sp³-hybridized carbons (Fsp3) is 0.200. The van der Waals surface area contributed by atoms with Gasteiger partial charge in [0.05, 0.1) is 16.3 Å². The molecule has 1 aromatic carbocycles. The summed E-state index contributed by atoms with van der Waals surface area (Å²) in [5.74, 6) is -1.77. The molecule has 0 aliphatic carbocycles. The molecule has 17 heavy (non-hydrogen) atoms. The van der Waals surface area contributed by atoms with Crippen molar-refractivity contribution in [2.24, 2.45) is 0 Å². The molecule has 1 aliphatic heterocycles. The molecule has 0 fully saturated rings. The lowest BCUT2D eigenvalue weighted by Crippen LogP contribution is -2.33. The number of amides is 2. The first kappa shape index (κ1) is 11.1. The summed E-state index contributed by atoms with van der Waals surface area (Å²) in [6.45, 7) is 3.19. The number of benzene rings is 1. The molecule has 1 aliphatic rings. The van der Waals surface area contributed by atoms with E-state index in [1.807, 2.05) is 0 Å². The molecule has 1 N–H and O–H groups in total. The van der Waals surface area contributed by atoms with Gasteiger partial charge in [-0.1, -0.05) is 0 Å². The molecule has 0 aromatic heterocycles. The molecular formula is C10H8N3O4. The third kappa shape index (κ3) is 1.61. The van der Waals surface area contributed by atoms with E-state index in [-0.39, 0.29) is 17.1 Å². The number of rotatable bonds is 1. The van der Waals surface area contributed by atoms with Crippen molar-refractivity contribution in [3.8, 4) is 0 Å². The Bertz CT molecular complexity index is 565. The first-order chi connectivity index (χ1) is 7.91. The Hall–Kier alpha value is -2.44. The Labute approximate surface area is 96.0 Å². The van der Waals surface area contributed by atoms with E-state index in [2.05, 4.69) is 10.6 Å². The fourth-order valence-corrected chi connectivity index (χ4v) is 1.64. The zero-order chi connectivity index (χ0) is 12.7. The van der Waals surface area contributed by atoms with Crippen LogP contribution in [0.3, 0.4) is 0 Å². The predicted molar refractivity (Wildman–Crippen MR) is 58.0 cm³/mol. The summed E-state index contributed by atoms with van der Waals surface area (Å²) in [6.07, 6.45) is 0. The van der Waals surface area contributed by atoms with Crippen LogP contribution in [0.1, 0.15) is 11.1 Å². The van der Waals surface area contributed by atoms with E-state index >= 15 is 0 Å². The smallest absolute Gasteiger partial charge is 0.316 e. The minimum atomic E-state index is -0.895. The van der Waals surface area contributed by atoms with E-state index in [4.69, 9.17) is 0 Å². The lowest BCUT2D eigenvalue weighted by atomic mass is 10.0. The van der Waals surface area contributed by atoms with Gasteiger partial charge in [0.2, 0.25) is 0 Å². The highest BCUT2D eigenvalue weighted by atomic mass is 16.6. The van der Waals surface area contributed by atoms with E-state index in [0.29, 0.717) is 11.1 Å². The first-order valence-electron chi connectivity index (χ1n) is 4.77. The zero-order valence-electron chi connectivity index (χ0n) is 9.10. The Morgan fingerprint density at radius 2 is 1.94 bits per heavy atom. The van der Waals surface area contributed by atoms with Crippen LogP contribution in [-0.4, -0.2) is 16.7 Å². The van der Waals surface area contributed by atoms with Crippen LogP contribution in [0, 0.1) is 24.0 Å². The van der Waals surface area contributed by atoms with Crippen LogP contribution in [0.15, 0.2) is 6.07 Å². The minimum Gasteiger partial charge on any atom is -0.316 e. The molecule has 1 radical (unpaired) electrons. The van der Waals surface area contributed by atoms with E-state index in [0.717, 1.165) is 0 Å². The van der Waals surface area contributed by atoms with Crippen molar-refractivity contribution in [1.82, 2.24) is 5.32 Å². The van der Waals surface area contributed by atoms with Crippen molar-refractivity contribution in [3.05, 3.63) is 27.3 Å². The van der Waals surface area contributed by atoms with E-state index < -0.39 is 16.7 Å². The summed E-state index contributed by atoms with van der Waals surface area (Å²) < 4.78 is 0. The van der Waals surface area contributed by atoms with Gasteiger partial charge in [-0.2, -0.15) is 0 Å². The lowest BCUT2D eigenvalue weighted by Gasteiger charge is -2.18. The summed E-state index contributed by atoms with van der Waals surface area (Å²) >= 11 is 0. The molecule has 1 heterocycles. The van der Waals surface area contributed by atoms with Crippen molar-refractivity contribution in [2.45, 2.75) is 13.8 Å². The number of hydrogen-bond acceptors (Lipinski definition) is 4. The van der Waals surface area contributed by atoms with Gasteiger partial charge in [0.25, 0.3) is 5.69 Å². The van der Waals surface area contributed by atoms with E-state index in [1.165, 1.54) is 6.07 Å². The minimum absolute atomic E-state index is 0.105. The number of fused-ring (bicyclic) bond motifs is 1. The number of anilines is 1. The van der Waals surface area contributed by atoms with Gasteiger partial charge in [-0.15, -0.1) is 0 Å². The number of nitrogens with zero attached hydrogens (tertiary/aromatic N) is 2. The van der Waals surface area contributed by atoms with Crippen molar-refractivity contribution >= 4 is 28.9 Å².